The summed E-state index contributed by atoms with van der Waals surface area (Å²) in [6, 6.07) is 0.122. The molecule has 5 nitrogen and oxygen atoms in total. The number of nitrogens with one attached hydrogen (secondary N) is 2. The maximum absolute atomic E-state index is 11.0. The molecule has 0 saturated carbocycles. The van der Waals surface area contributed by atoms with Gasteiger partial charge in [-0.25, -0.2) is 5.10 Å². The Hall–Kier alpha value is -1.07. The molecule has 1 aromatic rings. The largest absolute Gasteiger partial charge is 0.382 e. The van der Waals surface area contributed by atoms with Crippen molar-refractivity contribution in [2.24, 2.45) is 5.73 Å². The van der Waals surface area contributed by atoms with E-state index in [-0.39, 0.29) is 11.1 Å². The van der Waals surface area contributed by atoms with Crippen LogP contribution in [0.4, 0.5) is 5.69 Å². The van der Waals surface area contributed by atoms with E-state index in [1.807, 2.05) is 6.92 Å². The van der Waals surface area contributed by atoms with Crippen molar-refractivity contribution >= 4 is 17.3 Å². The third-order valence-corrected chi connectivity index (χ3v) is 2.09. The highest BCUT2D eigenvalue weighted by Crippen LogP contribution is 2.13. The summed E-state index contributed by atoms with van der Waals surface area (Å²) < 4.78 is 0. The molecule has 0 bridgehead atoms. The molecule has 1 rings (SSSR count). The SMILES string of the molecule is CC(N)CCNc1cn[nH]c(=O)c1Cl. The van der Waals surface area contributed by atoms with Crippen molar-refractivity contribution in [3.8, 4) is 0 Å². The van der Waals surface area contributed by atoms with Gasteiger partial charge in [-0.1, -0.05) is 11.6 Å². The molecule has 0 aliphatic carbocycles. The fourth-order valence-corrected chi connectivity index (χ4v) is 1.10. The maximum Gasteiger partial charge on any atom is 0.285 e. The number of hydrogen-bond acceptors (Lipinski definition) is 4. The minimum atomic E-state index is -0.391. The van der Waals surface area contributed by atoms with E-state index < -0.39 is 5.56 Å². The van der Waals surface area contributed by atoms with Gasteiger partial charge in [0.15, 0.2) is 0 Å². The molecule has 1 unspecified atom stereocenters. The van der Waals surface area contributed by atoms with Gasteiger partial charge in [-0.05, 0) is 13.3 Å². The van der Waals surface area contributed by atoms with Crippen molar-refractivity contribution in [2.75, 3.05) is 11.9 Å². The van der Waals surface area contributed by atoms with Gasteiger partial charge in [0.25, 0.3) is 5.56 Å². The van der Waals surface area contributed by atoms with Crippen LogP contribution in [0.1, 0.15) is 13.3 Å². The van der Waals surface area contributed by atoms with Gasteiger partial charge in [-0.3, -0.25) is 4.79 Å². The Morgan fingerprint density at radius 2 is 2.50 bits per heavy atom. The molecule has 0 aliphatic rings. The molecule has 0 aliphatic heterocycles. The van der Waals surface area contributed by atoms with E-state index >= 15 is 0 Å². The third kappa shape index (κ3) is 3.01. The minimum Gasteiger partial charge on any atom is -0.382 e. The number of anilines is 1. The lowest BCUT2D eigenvalue weighted by Crippen LogP contribution is -2.20. The van der Waals surface area contributed by atoms with Gasteiger partial charge < -0.3 is 11.1 Å². The average Bonchev–Trinajstić information content (AvgIpc) is 2.12. The highest BCUT2D eigenvalue weighted by atomic mass is 35.5. The molecule has 1 heterocycles. The summed E-state index contributed by atoms with van der Waals surface area (Å²) in [7, 11) is 0. The Bertz CT molecular complexity index is 349. The molecule has 4 N–H and O–H groups in total. The Kier molecular flexibility index (Phi) is 3.91. The molecule has 78 valence electrons. The van der Waals surface area contributed by atoms with Gasteiger partial charge in [0, 0.05) is 12.6 Å². The third-order valence-electron chi connectivity index (χ3n) is 1.71. The normalized spacial score (nSPS) is 12.5. The summed E-state index contributed by atoms with van der Waals surface area (Å²) in [5, 5.41) is 8.98. The van der Waals surface area contributed by atoms with Crippen LogP contribution in [0.5, 0.6) is 0 Å². The Morgan fingerprint density at radius 1 is 1.79 bits per heavy atom. The van der Waals surface area contributed by atoms with Crippen LogP contribution in [0.2, 0.25) is 5.02 Å². The first-order valence-electron chi connectivity index (χ1n) is 4.34. The summed E-state index contributed by atoms with van der Waals surface area (Å²) in [5.41, 5.74) is 5.71. The van der Waals surface area contributed by atoms with Gasteiger partial charge in [-0.15, -0.1) is 0 Å². The van der Waals surface area contributed by atoms with E-state index in [4.69, 9.17) is 17.3 Å². The lowest BCUT2D eigenvalue weighted by molar-refractivity contribution is 0.690. The zero-order valence-corrected chi connectivity index (χ0v) is 8.64. The number of nitrogens with zero attached hydrogens (tertiary/aromatic N) is 1. The van der Waals surface area contributed by atoms with E-state index in [1.165, 1.54) is 6.20 Å². The van der Waals surface area contributed by atoms with Crippen LogP contribution in [0, 0.1) is 0 Å². The van der Waals surface area contributed by atoms with Crippen molar-refractivity contribution in [3.63, 3.8) is 0 Å². The molecule has 0 saturated heterocycles. The first-order chi connectivity index (χ1) is 6.61. The predicted molar refractivity (Wildman–Crippen MR) is 56.6 cm³/mol. The fourth-order valence-electron chi connectivity index (χ4n) is 0.941. The highest BCUT2D eigenvalue weighted by molar-refractivity contribution is 6.32. The molecular weight excluding hydrogens is 204 g/mol. The number of nitrogens with two attached hydrogens (primary N) is 1. The molecule has 1 atom stereocenters. The molecule has 0 amide bonds. The minimum absolute atomic E-state index is 0.122. The van der Waals surface area contributed by atoms with Gasteiger partial charge >= 0.3 is 0 Å². The second kappa shape index (κ2) is 4.97. The summed E-state index contributed by atoms with van der Waals surface area (Å²) >= 11 is 5.73. The highest BCUT2D eigenvalue weighted by Gasteiger charge is 2.03. The molecular formula is C8H13ClN4O. The zero-order valence-electron chi connectivity index (χ0n) is 7.88. The van der Waals surface area contributed by atoms with Crippen LogP contribution in [0.3, 0.4) is 0 Å². The van der Waals surface area contributed by atoms with Gasteiger partial charge in [0.1, 0.15) is 5.02 Å². The number of halogens is 1. The van der Waals surface area contributed by atoms with Crippen LogP contribution in [-0.2, 0) is 0 Å². The monoisotopic (exact) mass is 216 g/mol. The smallest absolute Gasteiger partial charge is 0.285 e. The van der Waals surface area contributed by atoms with Crippen molar-refractivity contribution in [2.45, 2.75) is 19.4 Å². The second-order valence-corrected chi connectivity index (χ2v) is 3.50. The Balaban J connectivity index is 2.59. The molecule has 14 heavy (non-hydrogen) atoms. The number of aromatic nitrogens is 2. The fraction of sp³-hybridized carbons (Fsp3) is 0.500. The summed E-state index contributed by atoms with van der Waals surface area (Å²) in [5.74, 6) is 0. The van der Waals surface area contributed by atoms with Crippen LogP contribution in [0.15, 0.2) is 11.0 Å². The van der Waals surface area contributed by atoms with Crippen LogP contribution in [0.25, 0.3) is 0 Å². The Labute approximate surface area is 86.7 Å². The summed E-state index contributed by atoms with van der Waals surface area (Å²) in [6.07, 6.45) is 2.29. The molecule has 1 aromatic heterocycles. The molecule has 0 fully saturated rings. The van der Waals surface area contributed by atoms with Crippen molar-refractivity contribution in [1.29, 1.82) is 0 Å². The molecule has 6 heteroatoms. The zero-order chi connectivity index (χ0) is 10.6. The Morgan fingerprint density at radius 3 is 3.14 bits per heavy atom. The van der Waals surface area contributed by atoms with E-state index in [1.54, 1.807) is 0 Å². The van der Waals surface area contributed by atoms with Crippen molar-refractivity contribution < 1.29 is 0 Å². The van der Waals surface area contributed by atoms with Crippen molar-refractivity contribution in [3.05, 3.63) is 21.6 Å². The maximum atomic E-state index is 11.0. The van der Waals surface area contributed by atoms with E-state index in [2.05, 4.69) is 15.5 Å². The first kappa shape index (κ1) is 11.0. The van der Waals surface area contributed by atoms with E-state index in [9.17, 15) is 4.79 Å². The van der Waals surface area contributed by atoms with Crippen LogP contribution < -0.4 is 16.6 Å². The van der Waals surface area contributed by atoms with Gasteiger partial charge in [-0.2, -0.15) is 5.10 Å². The standard InChI is InChI=1S/C8H13ClN4O/c1-5(10)2-3-11-6-4-12-13-8(14)7(6)9/h4-5H,2-3,10H2,1H3,(H2,11,13,14). The van der Waals surface area contributed by atoms with Gasteiger partial charge in [0.05, 0.1) is 11.9 Å². The predicted octanol–water partition coefficient (Wildman–Crippen LogP) is 0.573. The molecule has 0 radical (unpaired) electrons. The van der Waals surface area contributed by atoms with Crippen LogP contribution >= 0.6 is 11.6 Å². The van der Waals surface area contributed by atoms with Crippen molar-refractivity contribution in [1.82, 2.24) is 10.2 Å². The first-order valence-corrected chi connectivity index (χ1v) is 4.71. The number of rotatable bonds is 4. The lowest BCUT2D eigenvalue weighted by atomic mass is 10.2. The van der Waals surface area contributed by atoms with E-state index in [0.29, 0.717) is 12.2 Å². The topological polar surface area (TPSA) is 83.8 Å². The van der Waals surface area contributed by atoms with Gasteiger partial charge in [0.2, 0.25) is 0 Å². The quantitative estimate of drug-likeness (QED) is 0.687. The summed E-state index contributed by atoms with van der Waals surface area (Å²) in [4.78, 5) is 11.0. The van der Waals surface area contributed by atoms with Crippen LogP contribution in [-0.4, -0.2) is 22.8 Å². The number of hydrogen-bond donors (Lipinski definition) is 3. The lowest BCUT2D eigenvalue weighted by Gasteiger charge is -2.08. The average molecular weight is 217 g/mol. The second-order valence-electron chi connectivity index (χ2n) is 3.12. The number of aromatic amines is 1. The molecule has 0 aromatic carbocycles. The molecule has 0 spiro atoms. The summed E-state index contributed by atoms with van der Waals surface area (Å²) in [6.45, 7) is 2.59. The van der Waals surface area contributed by atoms with E-state index in [0.717, 1.165) is 6.42 Å². The number of H-pyrrole nitrogens is 1.